The van der Waals surface area contributed by atoms with E-state index in [-0.39, 0.29) is 11.7 Å². The van der Waals surface area contributed by atoms with Crippen molar-refractivity contribution >= 4 is 33.5 Å². The lowest BCUT2D eigenvalue weighted by Crippen LogP contribution is -2.05. The molecular weight excluding hydrogens is 392 g/mol. The number of benzene rings is 2. The molecule has 1 aromatic heterocycles. The highest BCUT2D eigenvalue weighted by molar-refractivity contribution is 7.78. The van der Waals surface area contributed by atoms with Crippen LogP contribution in [0.25, 0.3) is 0 Å². The number of hydrogen-bond acceptors (Lipinski definition) is 4. The standard InChI is InChI=1S/C21H22N2O3S2/c1-15(24)22-21-23-19(12-11-16-5-3-2-4-6-16)20(27-21)13-17-7-9-18(10-8-17)14-28(25)26/h2-10H,11-14H2,1H3,(H,25,26)(H,22,23,24). The molecule has 0 spiro atoms. The predicted octanol–water partition coefficient (Wildman–Crippen LogP) is 4.20. The molecule has 2 aromatic carbocycles. The fourth-order valence-electron chi connectivity index (χ4n) is 2.91. The summed E-state index contributed by atoms with van der Waals surface area (Å²) in [6, 6.07) is 18.0. The monoisotopic (exact) mass is 414 g/mol. The van der Waals surface area contributed by atoms with E-state index in [2.05, 4.69) is 22.4 Å². The molecule has 2 N–H and O–H groups in total. The Hall–Kier alpha value is -2.35. The molecular formula is C21H22N2O3S2. The van der Waals surface area contributed by atoms with Gasteiger partial charge >= 0.3 is 0 Å². The van der Waals surface area contributed by atoms with Crippen LogP contribution in [0.3, 0.4) is 0 Å². The van der Waals surface area contributed by atoms with Crippen LogP contribution in [-0.4, -0.2) is 19.7 Å². The van der Waals surface area contributed by atoms with Gasteiger partial charge in [-0.05, 0) is 29.5 Å². The van der Waals surface area contributed by atoms with Crippen molar-refractivity contribution in [3.8, 4) is 0 Å². The smallest absolute Gasteiger partial charge is 0.223 e. The molecule has 0 aliphatic rings. The molecule has 0 saturated heterocycles. The average Bonchev–Trinajstić information content (AvgIpc) is 3.02. The molecule has 0 aliphatic carbocycles. The highest BCUT2D eigenvalue weighted by Crippen LogP contribution is 2.27. The first-order valence-electron chi connectivity index (χ1n) is 8.95. The van der Waals surface area contributed by atoms with E-state index in [4.69, 9.17) is 4.55 Å². The van der Waals surface area contributed by atoms with Crippen LogP contribution in [0.5, 0.6) is 0 Å². The summed E-state index contributed by atoms with van der Waals surface area (Å²) < 4.78 is 19.9. The minimum atomic E-state index is -1.84. The van der Waals surface area contributed by atoms with Crippen molar-refractivity contribution in [3.63, 3.8) is 0 Å². The van der Waals surface area contributed by atoms with Gasteiger partial charge in [-0.15, -0.1) is 11.3 Å². The summed E-state index contributed by atoms with van der Waals surface area (Å²) in [6.45, 7) is 1.48. The van der Waals surface area contributed by atoms with Crippen LogP contribution < -0.4 is 5.32 Å². The van der Waals surface area contributed by atoms with Crippen molar-refractivity contribution < 1.29 is 13.6 Å². The predicted molar refractivity (Wildman–Crippen MR) is 114 cm³/mol. The molecule has 28 heavy (non-hydrogen) atoms. The van der Waals surface area contributed by atoms with Gasteiger partial charge in [-0.3, -0.25) is 4.79 Å². The van der Waals surface area contributed by atoms with Crippen molar-refractivity contribution in [3.05, 3.63) is 81.9 Å². The summed E-state index contributed by atoms with van der Waals surface area (Å²) in [5.41, 5.74) is 4.19. The SMILES string of the molecule is CC(=O)Nc1nc(CCc2ccccc2)c(Cc2ccc(CS(=O)O)cc2)s1. The van der Waals surface area contributed by atoms with Gasteiger partial charge in [-0.25, -0.2) is 9.19 Å². The van der Waals surface area contributed by atoms with Gasteiger partial charge in [0, 0.05) is 18.2 Å². The second-order valence-electron chi connectivity index (χ2n) is 6.51. The fraction of sp³-hybridized carbons (Fsp3) is 0.238. The minimum Gasteiger partial charge on any atom is -0.306 e. The molecule has 0 radical (unpaired) electrons. The molecule has 7 heteroatoms. The lowest BCUT2D eigenvalue weighted by molar-refractivity contribution is -0.114. The maximum Gasteiger partial charge on any atom is 0.223 e. The molecule has 1 unspecified atom stereocenters. The van der Waals surface area contributed by atoms with Crippen LogP contribution >= 0.6 is 11.3 Å². The van der Waals surface area contributed by atoms with Gasteiger partial charge in [0.05, 0.1) is 11.4 Å². The minimum absolute atomic E-state index is 0.128. The fourth-order valence-corrected chi connectivity index (χ4v) is 4.48. The molecule has 146 valence electrons. The van der Waals surface area contributed by atoms with E-state index in [1.165, 1.54) is 23.8 Å². The maximum absolute atomic E-state index is 11.4. The number of aryl methyl sites for hydroxylation is 2. The Kier molecular flexibility index (Phi) is 7.08. The van der Waals surface area contributed by atoms with Gasteiger partial charge in [-0.2, -0.15) is 0 Å². The van der Waals surface area contributed by atoms with E-state index in [0.29, 0.717) is 11.6 Å². The number of anilines is 1. The second kappa shape index (κ2) is 9.73. The van der Waals surface area contributed by atoms with Gasteiger partial charge in [0.1, 0.15) is 0 Å². The topological polar surface area (TPSA) is 79.3 Å². The maximum atomic E-state index is 11.4. The second-order valence-corrected chi connectivity index (χ2v) is 8.53. The summed E-state index contributed by atoms with van der Waals surface area (Å²) in [5.74, 6) is 0.00631. The Balaban J connectivity index is 1.76. The number of thiazole rings is 1. The molecule has 0 saturated carbocycles. The molecule has 5 nitrogen and oxygen atoms in total. The third-order valence-corrected chi connectivity index (χ3v) is 5.83. The zero-order chi connectivity index (χ0) is 19.9. The van der Waals surface area contributed by atoms with Gasteiger partial charge in [-0.1, -0.05) is 54.6 Å². The molecule has 3 rings (SSSR count). The summed E-state index contributed by atoms with van der Waals surface area (Å²) >= 11 is -0.335. The number of amides is 1. The normalized spacial score (nSPS) is 11.9. The van der Waals surface area contributed by atoms with Crippen LogP contribution in [-0.2, 0) is 40.9 Å². The number of hydrogen-bond donors (Lipinski definition) is 2. The number of aromatic nitrogens is 1. The number of carbonyl (C=O) groups is 1. The summed E-state index contributed by atoms with van der Waals surface area (Å²) in [5, 5.41) is 3.41. The van der Waals surface area contributed by atoms with Gasteiger partial charge in [0.2, 0.25) is 5.91 Å². The van der Waals surface area contributed by atoms with Crippen molar-refractivity contribution in [1.82, 2.24) is 4.98 Å². The van der Waals surface area contributed by atoms with E-state index in [0.717, 1.165) is 34.5 Å². The molecule has 0 fully saturated rings. The molecule has 3 aromatic rings. The Labute approximate surface area is 171 Å². The van der Waals surface area contributed by atoms with Crippen LogP contribution in [0.1, 0.15) is 34.2 Å². The molecule has 1 heterocycles. The first kappa shape index (κ1) is 20.4. The van der Waals surface area contributed by atoms with E-state index >= 15 is 0 Å². The third-order valence-electron chi connectivity index (χ3n) is 4.23. The first-order chi connectivity index (χ1) is 13.5. The van der Waals surface area contributed by atoms with Gasteiger partial charge < -0.3 is 9.87 Å². The quantitative estimate of drug-likeness (QED) is 0.542. The van der Waals surface area contributed by atoms with E-state index in [9.17, 15) is 9.00 Å². The first-order valence-corrected chi connectivity index (χ1v) is 11.0. The molecule has 0 bridgehead atoms. The van der Waals surface area contributed by atoms with Gasteiger partial charge in [0.25, 0.3) is 0 Å². The van der Waals surface area contributed by atoms with Crippen LogP contribution in [0.15, 0.2) is 54.6 Å². The summed E-state index contributed by atoms with van der Waals surface area (Å²) in [7, 11) is 0. The Morgan fingerprint density at radius 3 is 2.36 bits per heavy atom. The zero-order valence-electron chi connectivity index (χ0n) is 15.6. The largest absolute Gasteiger partial charge is 0.306 e. The van der Waals surface area contributed by atoms with Crippen molar-refractivity contribution in [2.24, 2.45) is 0 Å². The lowest BCUT2D eigenvalue weighted by Gasteiger charge is -2.05. The van der Waals surface area contributed by atoms with E-state index in [1.807, 2.05) is 42.5 Å². The Morgan fingerprint density at radius 1 is 1.04 bits per heavy atom. The van der Waals surface area contributed by atoms with Crippen molar-refractivity contribution in [2.45, 2.75) is 31.9 Å². The van der Waals surface area contributed by atoms with Gasteiger partial charge in [0.15, 0.2) is 16.2 Å². The molecule has 1 amide bonds. The highest BCUT2D eigenvalue weighted by atomic mass is 32.2. The lowest BCUT2D eigenvalue weighted by atomic mass is 10.0. The molecule has 0 aliphatic heterocycles. The number of rotatable bonds is 8. The number of nitrogens with zero attached hydrogens (tertiary/aromatic N) is 1. The van der Waals surface area contributed by atoms with Crippen molar-refractivity contribution in [1.29, 1.82) is 0 Å². The van der Waals surface area contributed by atoms with Crippen LogP contribution in [0, 0.1) is 0 Å². The van der Waals surface area contributed by atoms with E-state index < -0.39 is 11.1 Å². The van der Waals surface area contributed by atoms with E-state index in [1.54, 1.807) is 0 Å². The Morgan fingerprint density at radius 2 is 1.71 bits per heavy atom. The summed E-state index contributed by atoms with van der Waals surface area (Å²) in [4.78, 5) is 17.2. The zero-order valence-corrected chi connectivity index (χ0v) is 17.2. The third kappa shape index (κ3) is 6.09. The highest BCUT2D eigenvalue weighted by Gasteiger charge is 2.13. The average molecular weight is 415 g/mol. The molecule has 1 atom stereocenters. The summed E-state index contributed by atoms with van der Waals surface area (Å²) in [6.07, 6.45) is 2.40. The number of carbonyl (C=O) groups excluding carboxylic acids is 1. The van der Waals surface area contributed by atoms with Crippen molar-refractivity contribution in [2.75, 3.05) is 5.32 Å². The Bertz CT molecular complexity index is 954. The van der Waals surface area contributed by atoms with Crippen LogP contribution in [0.4, 0.5) is 5.13 Å². The number of nitrogens with one attached hydrogen (secondary N) is 1. The van der Waals surface area contributed by atoms with Crippen LogP contribution in [0.2, 0.25) is 0 Å².